The molecule has 1 unspecified atom stereocenters. The maximum atomic E-state index is 9.64. The van der Waals surface area contributed by atoms with E-state index in [9.17, 15) is 5.11 Å². The molecule has 4 heteroatoms. The van der Waals surface area contributed by atoms with Crippen molar-refractivity contribution in [1.29, 1.82) is 0 Å². The lowest BCUT2D eigenvalue weighted by molar-refractivity contribution is 0.476. The van der Waals surface area contributed by atoms with Gasteiger partial charge in [-0.1, -0.05) is 53.0 Å². The Morgan fingerprint density at radius 2 is 1.67 bits per heavy atom. The first-order chi connectivity index (χ1) is 10.0. The van der Waals surface area contributed by atoms with E-state index < -0.39 is 0 Å². The predicted octanol–water partition coefficient (Wildman–Crippen LogP) is 5.57. The Kier molecular flexibility index (Phi) is 4.01. The van der Waals surface area contributed by atoms with Gasteiger partial charge in [-0.3, -0.25) is 0 Å². The minimum Gasteiger partial charge on any atom is -0.505 e. The molecule has 1 aliphatic rings. The van der Waals surface area contributed by atoms with Gasteiger partial charge in [-0.05, 0) is 43.4 Å². The van der Waals surface area contributed by atoms with Crippen LogP contribution in [0.4, 0.5) is 5.69 Å². The van der Waals surface area contributed by atoms with Crippen molar-refractivity contribution >= 4 is 28.9 Å². The summed E-state index contributed by atoms with van der Waals surface area (Å²) in [6, 6.07) is 12.3. The third-order valence-electron chi connectivity index (χ3n) is 3.87. The summed E-state index contributed by atoms with van der Waals surface area (Å²) in [6.07, 6.45) is 2.45. The predicted molar refractivity (Wildman–Crippen MR) is 88.4 cm³/mol. The van der Waals surface area contributed by atoms with E-state index in [2.05, 4.69) is 36.5 Å². The van der Waals surface area contributed by atoms with Gasteiger partial charge < -0.3 is 10.4 Å². The van der Waals surface area contributed by atoms with E-state index in [1.54, 1.807) is 12.1 Å². The minimum atomic E-state index is -0.0674. The maximum absolute atomic E-state index is 9.64. The molecule has 1 saturated carbocycles. The van der Waals surface area contributed by atoms with E-state index in [-0.39, 0.29) is 21.8 Å². The third-order valence-corrected chi connectivity index (χ3v) is 4.45. The van der Waals surface area contributed by atoms with Gasteiger partial charge in [0.15, 0.2) is 5.75 Å². The zero-order chi connectivity index (χ0) is 15.0. The van der Waals surface area contributed by atoms with Gasteiger partial charge in [-0.25, -0.2) is 0 Å². The van der Waals surface area contributed by atoms with Crippen LogP contribution in [-0.2, 0) is 0 Å². The van der Waals surface area contributed by atoms with Crippen molar-refractivity contribution in [1.82, 2.24) is 0 Å². The molecule has 0 spiro atoms. The Bertz CT molecular complexity index is 627. The molecule has 0 saturated heterocycles. The van der Waals surface area contributed by atoms with Crippen LogP contribution in [0.5, 0.6) is 5.75 Å². The number of hydrogen-bond acceptors (Lipinski definition) is 2. The summed E-state index contributed by atoms with van der Waals surface area (Å²) in [4.78, 5) is 0. The van der Waals surface area contributed by atoms with E-state index >= 15 is 0 Å². The van der Waals surface area contributed by atoms with Gasteiger partial charge in [-0.15, -0.1) is 0 Å². The van der Waals surface area contributed by atoms with Crippen LogP contribution in [-0.4, -0.2) is 5.11 Å². The fourth-order valence-electron chi connectivity index (χ4n) is 2.51. The molecule has 0 aliphatic heterocycles. The molecule has 1 atom stereocenters. The summed E-state index contributed by atoms with van der Waals surface area (Å²) in [5, 5.41) is 13.7. The quantitative estimate of drug-likeness (QED) is 0.721. The summed E-state index contributed by atoms with van der Waals surface area (Å²) in [5.74, 6) is 0.571. The van der Waals surface area contributed by atoms with Gasteiger partial charge in [0.05, 0.1) is 16.1 Å². The van der Waals surface area contributed by atoms with Crippen LogP contribution in [0.3, 0.4) is 0 Å². The number of aryl methyl sites for hydroxylation is 1. The zero-order valence-corrected chi connectivity index (χ0v) is 13.2. The Labute approximate surface area is 134 Å². The number of aromatic hydroxyl groups is 1. The standard InChI is InChI=1S/C17H17Cl2NO/c1-10-2-4-11(5-3-10)16(12-6-7-12)20-13-8-14(18)17(21)15(19)9-13/h2-5,8-9,12,16,20-21H,6-7H2,1H3. The fraction of sp³-hybridized carbons (Fsp3) is 0.294. The Balaban J connectivity index is 1.87. The number of phenols is 1. The molecule has 1 fully saturated rings. The van der Waals surface area contributed by atoms with Crippen LogP contribution in [0, 0.1) is 12.8 Å². The summed E-state index contributed by atoms with van der Waals surface area (Å²) in [6.45, 7) is 2.09. The first-order valence-electron chi connectivity index (χ1n) is 7.05. The van der Waals surface area contributed by atoms with E-state index in [0.717, 1.165) is 5.69 Å². The van der Waals surface area contributed by atoms with Crippen LogP contribution >= 0.6 is 23.2 Å². The molecule has 0 bridgehead atoms. The molecule has 0 amide bonds. The monoisotopic (exact) mass is 321 g/mol. The molecule has 2 nitrogen and oxygen atoms in total. The lowest BCUT2D eigenvalue weighted by Crippen LogP contribution is -2.13. The second kappa shape index (κ2) is 5.78. The number of halogens is 2. The van der Waals surface area contributed by atoms with E-state index in [4.69, 9.17) is 23.2 Å². The van der Waals surface area contributed by atoms with Crippen molar-refractivity contribution < 1.29 is 5.11 Å². The second-order valence-corrected chi connectivity index (χ2v) is 6.47. The molecular weight excluding hydrogens is 305 g/mol. The van der Waals surface area contributed by atoms with Crippen LogP contribution in [0.2, 0.25) is 10.0 Å². The second-order valence-electron chi connectivity index (χ2n) is 5.66. The summed E-state index contributed by atoms with van der Waals surface area (Å²) >= 11 is 12.0. The first-order valence-corrected chi connectivity index (χ1v) is 7.81. The maximum Gasteiger partial charge on any atom is 0.152 e. The molecule has 110 valence electrons. The number of nitrogens with one attached hydrogen (secondary N) is 1. The highest BCUT2D eigenvalue weighted by Gasteiger charge is 2.32. The highest BCUT2D eigenvalue weighted by Crippen LogP contribution is 2.44. The van der Waals surface area contributed by atoms with Crippen LogP contribution < -0.4 is 5.32 Å². The normalized spacial score (nSPS) is 15.8. The van der Waals surface area contributed by atoms with Gasteiger partial charge >= 0.3 is 0 Å². The van der Waals surface area contributed by atoms with Gasteiger partial charge in [0, 0.05) is 5.69 Å². The molecule has 21 heavy (non-hydrogen) atoms. The molecule has 3 rings (SSSR count). The van der Waals surface area contributed by atoms with Crippen molar-refractivity contribution in [2.75, 3.05) is 5.32 Å². The third kappa shape index (κ3) is 3.28. The molecule has 2 aromatic rings. The summed E-state index contributed by atoms with van der Waals surface area (Å²) < 4.78 is 0. The number of benzene rings is 2. The number of rotatable bonds is 4. The van der Waals surface area contributed by atoms with Gasteiger partial charge in [0.1, 0.15) is 0 Å². The van der Waals surface area contributed by atoms with Crippen LogP contribution in [0.1, 0.15) is 30.0 Å². The number of phenolic OH excluding ortho intramolecular Hbond substituents is 1. The number of hydrogen-bond donors (Lipinski definition) is 2. The Hall–Kier alpha value is -1.38. The molecule has 0 radical (unpaired) electrons. The SMILES string of the molecule is Cc1ccc(C(Nc2cc(Cl)c(O)c(Cl)c2)C2CC2)cc1. The lowest BCUT2D eigenvalue weighted by atomic mass is 10.0. The smallest absolute Gasteiger partial charge is 0.152 e. The minimum absolute atomic E-state index is 0.0674. The van der Waals surface area contributed by atoms with E-state index in [1.165, 1.54) is 24.0 Å². The molecular formula is C17H17Cl2NO. The highest BCUT2D eigenvalue weighted by molar-refractivity contribution is 6.37. The van der Waals surface area contributed by atoms with Crippen molar-refractivity contribution in [3.63, 3.8) is 0 Å². The Morgan fingerprint density at radius 1 is 1.10 bits per heavy atom. The molecule has 2 N–H and O–H groups in total. The van der Waals surface area contributed by atoms with E-state index in [0.29, 0.717) is 5.92 Å². The number of anilines is 1. The van der Waals surface area contributed by atoms with Gasteiger partial charge in [0.2, 0.25) is 0 Å². The molecule has 1 aliphatic carbocycles. The fourth-order valence-corrected chi connectivity index (χ4v) is 2.99. The largest absolute Gasteiger partial charge is 0.505 e. The Morgan fingerprint density at radius 3 is 2.19 bits per heavy atom. The van der Waals surface area contributed by atoms with Crippen LogP contribution in [0.15, 0.2) is 36.4 Å². The van der Waals surface area contributed by atoms with Gasteiger partial charge in [-0.2, -0.15) is 0 Å². The lowest BCUT2D eigenvalue weighted by Gasteiger charge is -2.21. The van der Waals surface area contributed by atoms with Crippen molar-refractivity contribution in [3.05, 3.63) is 57.6 Å². The van der Waals surface area contributed by atoms with Crippen molar-refractivity contribution in [2.24, 2.45) is 5.92 Å². The topological polar surface area (TPSA) is 32.3 Å². The first kappa shape index (κ1) is 14.6. The zero-order valence-electron chi connectivity index (χ0n) is 11.7. The average molecular weight is 322 g/mol. The van der Waals surface area contributed by atoms with Crippen molar-refractivity contribution in [2.45, 2.75) is 25.8 Å². The average Bonchev–Trinajstić information content (AvgIpc) is 3.28. The molecule has 0 heterocycles. The summed E-state index contributed by atoms with van der Waals surface area (Å²) in [5.41, 5.74) is 3.35. The van der Waals surface area contributed by atoms with E-state index in [1.807, 2.05) is 0 Å². The van der Waals surface area contributed by atoms with Gasteiger partial charge in [0.25, 0.3) is 0 Å². The summed E-state index contributed by atoms with van der Waals surface area (Å²) in [7, 11) is 0. The molecule has 0 aromatic heterocycles. The highest BCUT2D eigenvalue weighted by atomic mass is 35.5. The molecule has 2 aromatic carbocycles. The van der Waals surface area contributed by atoms with Crippen molar-refractivity contribution in [3.8, 4) is 5.75 Å². The van der Waals surface area contributed by atoms with Crippen LogP contribution in [0.25, 0.3) is 0 Å².